The second-order valence-electron chi connectivity index (χ2n) is 7.00. The monoisotopic (exact) mass is 379 g/mol. The van der Waals surface area contributed by atoms with Crippen LogP contribution in [0.5, 0.6) is 5.75 Å². The maximum Gasteiger partial charge on any atom is 0.251 e. The molecule has 1 aromatic carbocycles. The van der Waals surface area contributed by atoms with Gasteiger partial charge in [0, 0.05) is 6.54 Å². The molecule has 0 N–H and O–H groups in total. The lowest BCUT2D eigenvalue weighted by molar-refractivity contribution is 0.217. The first kappa shape index (κ1) is 18.4. The van der Waals surface area contributed by atoms with Gasteiger partial charge in [-0.2, -0.15) is 10.2 Å². The first-order chi connectivity index (χ1) is 13.8. The van der Waals surface area contributed by atoms with Gasteiger partial charge in [0.1, 0.15) is 0 Å². The van der Waals surface area contributed by atoms with Gasteiger partial charge in [-0.05, 0) is 44.1 Å². The molecule has 7 nitrogen and oxygen atoms in total. The summed E-state index contributed by atoms with van der Waals surface area (Å²) in [5, 5.41) is 9.02. The summed E-state index contributed by atoms with van der Waals surface area (Å²) in [7, 11) is 1.52. The van der Waals surface area contributed by atoms with Gasteiger partial charge in [-0.3, -0.25) is 9.48 Å². The number of ether oxygens (including phenoxy) is 1. The van der Waals surface area contributed by atoms with Crippen LogP contribution in [-0.2, 0) is 6.54 Å². The van der Waals surface area contributed by atoms with E-state index in [1.807, 2.05) is 41.1 Å². The normalized spacial score (nSPS) is 14.9. The van der Waals surface area contributed by atoms with Crippen molar-refractivity contribution in [3.63, 3.8) is 0 Å². The van der Waals surface area contributed by atoms with Gasteiger partial charge in [0.25, 0.3) is 5.43 Å². The Morgan fingerprint density at radius 2 is 1.82 bits per heavy atom. The smallest absolute Gasteiger partial charge is 0.251 e. The highest BCUT2D eigenvalue weighted by atomic mass is 16.5. The largest absolute Gasteiger partial charge is 0.491 e. The molecule has 7 heteroatoms. The topological polar surface area (TPSA) is 65.2 Å². The summed E-state index contributed by atoms with van der Waals surface area (Å²) in [6, 6.07) is 11.5. The van der Waals surface area contributed by atoms with E-state index in [9.17, 15) is 4.79 Å². The second-order valence-corrected chi connectivity index (χ2v) is 7.00. The zero-order chi connectivity index (χ0) is 19.3. The van der Waals surface area contributed by atoms with Gasteiger partial charge in [0.15, 0.2) is 11.4 Å². The molecule has 3 aromatic rings. The zero-order valence-corrected chi connectivity index (χ0v) is 16.1. The van der Waals surface area contributed by atoms with Crippen molar-refractivity contribution in [2.75, 3.05) is 26.7 Å². The predicted octanol–water partition coefficient (Wildman–Crippen LogP) is 2.59. The Hall–Kier alpha value is -2.93. The van der Waals surface area contributed by atoms with Crippen LogP contribution in [-0.4, -0.2) is 51.2 Å². The van der Waals surface area contributed by atoms with Gasteiger partial charge in [-0.15, -0.1) is 0 Å². The summed E-state index contributed by atoms with van der Waals surface area (Å²) in [4.78, 5) is 15.3. The highest BCUT2D eigenvalue weighted by molar-refractivity contribution is 5.58. The molecule has 1 aliphatic heterocycles. The number of nitrogens with zero attached hydrogens (tertiary/aromatic N) is 5. The Morgan fingerprint density at radius 1 is 1.04 bits per heavy atom. The molecule has 146 valence electrons. The van der Waals surface area contributed by atoms with Crippen molar-refractivity contribution < 1.29 is 4.74 Å². The van der Waals surface area contributed by atoms with Crippen LogP contribution in [0.1, 0.15) is 19.3 Å². The number of piperidine rings is 1. The molecule has 0 atom stereocenters. The maximum absolute atomic E-state index is 12.9. The average molecular weight is 379 g/mol. The molecule has 2 aromatic heterocycles. The second kappa shape index (κ2) is 8.39. The van der Waals surface area contributed by atoms with E-state index in [-0.39, 0.29) is 5.43 Å². The summed E-state index contributed by atoms with van der Waals surface area (Å²) >= 11 is 0. The number of methoxy groups -OCH3 is 1. The highest BCUT2D eigenvalue weighted by Crippen LogP contribution is 2.19. The van der Waals surface area contributed by atoms with Crippen LogP contribution in [0.15, 0.2) is 53.6 Å². The minimum atomic E-state index is -0.227. The molecule has 0 saturated carbocycles. The third kappa shape index (κ3) is 3.84. The number of benzene rings is 1. The summed E-state index contributed by atoms with van der Waals surface area (Å²) < 4.78 is 8.89. The van der Waals surface area contributed by atoms with E-state index < -0.39 is 0 Å². The Labute approximate surface area is 164 Å². The van der Waals surface area contributed by atoms with Crippen molar-refractivity contribution in [1.29, 1.82) is 0 Å². The minimum Gasteiger partial charge on any atom is -0.491 e. The fourth-order valence-electron chi connectivity index (χ4n) is 3.63. The molecule has 0 radical (unpaired) electrons. The number of aromatic nitrogens is 4. The zero-order valence-electron chi connectivity index (χ0n) is 16.1. The maximum atomic E-state index is 12.9. The van der Waals surface area contributed by atoms with Crippen LogP contribution in [0.4, 0.5) is 0 Å². The van der Waals surface area contributed by atoms with Gasteiger partial charge in [-0.1, -0.05) is 24.6 Å². The van der Waals surface area contributed by atoms with E-state index in [2.05, 4.69) is 15.1 Å². The third-order valence-corrected chi connectivity index (χ3v) is 5.13. The summed E-state index contributed by atoms with van der Waals surface area (Å²) in [6.07, 6.45) is 7.19. The van der Waals surface area contributed by atoms with Crippen LogP contribution >= 0.6 is 0 Å². The third-order valence-electron chi connectivity index (χ3n) is 5.13. The number of rotatable bonds is 6. The van der Waals surface area contributed by atoms with Crippen molar-refractivity contribution in [1.82, 2.24) is 24.5 Å². The van der Waals surface area contributed by atoms with Crippen molar-refractivity contribution in [2.45, 2.75) is 25.8 Å². The molecule has 3 heterocycles. The quantitative estimate of drug-likeness (QED) is 0.659. The first-order valence-corrected chi connectivity index (χ1v) is 9.74. The fraction of sp³-hybridized carbons (Fsp3) is 0.381. The fourth-order valence-corrected chi connectivity index (χ4v) is 3.63. The molecule has 0 aliphatic carbocycles. The van der Waals surface area contributed by atoms with E-state index >= 15 is 0 Å². The Balaban J connectivity index is 1.67. The molecule has 1 saturated heterocycles. The Bertz CT molecular complexity index is 974. The lowest BCUT2D eigenvalue weighted by Crippen LogP contribution is -2.33. The van der Waals surface area contributed by atoms with Crippen LogP contribution in [0, 0.1) is 0 Å². The number of para-hydroxylation sites is 1. The number of hydrogen-bond acceptors (Lipinski definition) is 5. The van der Waals surface area contributed by atoms with Gasteiger partial charge in [0.05, 0.1) is 37.4 Å². The SMILES string of the molecule is COc1cn(CCN2CCCCC2)nc(-c2ccnn2-c2ccccc2)c1=O. The predicted molar refractivity (Wildman–Crippen MR) is 108 cm³/mol. The van der Waals surface area contributed by atoms with E-state index in [1.165, 1.54) is 26.4 Å². The van der Waals surface area contributed by atoms with E-state index in [0.717, 1.165) is 25.3 Å². The molecule has 0 unspecified atom stereocenters. The minimum absolute atomic E-state index is 0.227. The highest BCUT2D eigenvalue weighted by Gasteiger charge is 2.18. The Morgan fingerprint density at radius 3 is 2.57 bits per heavy atom. The Kier molecular flexibility index (Phi) is 5.53. The molecule has 0 amide bonds. The first-order valence-electron chi connectivity index (χ1n) is 9.74. The summed E-state index contributed by atoms with van der Waals surface area (Å²) in [5.41, 5.74) is 1.65. The van der Waals surface area contributed by atoms with Crippen molar-refractivity contribution >= 4 is 0 Å². The lowest BCUT2D eigenvalue weighted by atomic mass is 10.1. The molecular weight excluding hydrogens is 354 g/mol. The van der Waals surface area contributed by atoms with Gasteiger partial charge in [0.2, 0.25) is 0 Å². The molecular formula is C21H25N5O2. The number of hydrogen-bond donors (Lipinski definition) is 0. The molecule has 28 heavy (non-hydrogen) atoms. The summed E-state index contributed by atoms with van der Waals surface area (Å²) in [5.74, 6) is 0.296. The van der Waals surface area contributed by atoms with Crippen LogP contribution < -0.4 is 10.2 Å². The van der Waals surface area contributed by atoms with E-state index in [1.54, 1.807) is 17.1 Å². The van der Waals surface area contributed by atoms with E-state index in [4.69, 9.17) is 4.74 Å². The molecule has 1 fully saturated rings. The lowest BCUT2D eigenvalue weighted by Gasteiger charge is -2.26. The van der Waals surface area contributed by atoms with Crippen LogP contribution in [0.3, 0.4) is 0 Å². The van der Waals surface area contributed by atoms with Crippen molar-refractivity contribution in [3.05, 3.63) is 59.0 Å². The standard InChI is InChI=1S/C21H25N5O2/c1-28-19-16-25(15-14-24-12-6-3-7-13-24)23-20(21(19)27)18-10-11-22-26(18)17-8-4-2-5-9-17/h2,4-5,8-11,16H,3,6-7,12-15H2,1H3. The molecule has 0 bridgehead atoms. The van der Waals surface area contributed by atoms with Crippen molar-refractivity contribution in [2.24, 2.45) is 0 Å². The van der Waals surface area contributed by atoms with E-state index in [0.29, 0.717) is 23.7 Å². The van der Waals surface area contributed by atoms with Crippen molar-refractivity contribution in [3.8, 4) is 22.8 Å². The van der Waals surface area contributed by atoms with Crippen LogP contribution in [0.25, 0.3) is 17.1 Å². The summed E-state index contributed by atoms with van der Waals surface area (Å²) in [6.45, 7) is 3.88. The van der Waals surface area contributed by atoms with Crippen LogP contribution in [0.2, 0.25) is 0 Å². The average Bonchev–Trinajstić information content (AvgIpc) is 3.24. The van der Waals surface area contributed by atoms with Gasteiger partial charge >= 0.3 is 0 Å². The molecule has 4 rings (SSSR count). The molecule has 1 aliphatic rings. The van der Waals surface area contributed by atoms with Gasteiger partial charge < -0.3 is 9.64 Å². The number of likely N-dealkylation sites (tertiary alicyclic amines) is 1. The van der Waals surface area contributed by atoms with Gasteiger partial charge in [-0.25, -0.2) is 4.68 Å². The molecule has 0 spiro atoms.